The third kappa shape index (κ3) is 3.10. The highest BCUT2D eigenvalue weighted by atomic mass is 127. The molecule has 0 spiro atoms. The first-order valence-corrected chi connectivity index (χ1v) is 9.45. The van der Waals surface area contributed by atoms with E-state index in [0.29, 0.717) is 11.8 Å². The van der Waals surface area contributed by atoms with Gasteiger partial charge in [0.15, 0.2) is 0 Å². The van der Waals surface area contributed by atoms with Crippen molar-refractivity contribution < 1.29 is 5.11 Å². The molecule has 1 saturated carbocycles. The van der Waals surface area contributed by atoms with E-state index in [-0.39, 0.29) is 0 Å². The zero-order chi connectivity index (χ0) is 14.1. The molecular weight excluding hydrogens is 478 g/mol. The number of nitrogens with zero attached hydrogens (tertiary/aromatic N) is 1. The maximum absolute atomic E-state index is 9.99. The van der Waals surface area contributed by atoms with E-state index < -0.39 is 0 Å². The van der Waals surface area contributed by atoms with Crippen molar-refractivity contribution >= 4 is 45.2 Å². The molecule has 1 atom stereocenters. The summed E-state index contributed by atoms with van der Waals surface area (Å²) in [7, 11) is 0. The number of aromatic hydroxyl groups is 1. The second kappa shape index (κ2) is 6.66. The highest BCUT2D eigenvalue weighted by molar-refractivity contribution is 14.1. The Hall–Kier alpha value is 0.400. The minimum atomic E-state index is 0.433. The van der Waals surface area contributed by atoms with Crippen LogP contribution < -0.4 is 5.32 Å². The zero-order valence-corrected chi connectivity index (χ0v) is 15.7. The van der Waals surface area contributed by atoms with Crippen LogP contribution in [-0.4, -0.2) is 36.2 Å². The van der Waals surface area contributed by atoms with E-state index in [1.165, 1.54) is 24.8 Å². The first-order valence-electron chi connectivity index (χ1n) is 7.29. The lowest BCUT2D eigenvalue weighted by atomic mass is 9.76. The summed E-state index contributed by atoms with van der Waals surface area (Å²) in [5.74, 6) is 1.23. The van der Waals surface area contributed by atoms with Crippen LogP contribution in [0.15, 0.2) is 12.1 Å². The Kier molecular flexibility index (Phi) is 5.10. The van der Waals surface area contributed by atoms with Gasteiger partial charge in [-0.25, -0.2) is 0 Å². The van der Waals surface area contributed by atoms with Crippen molar-refractivity contribution in [2.75, 3.05) is 26.2 Å². The first-order chi connectivity index (χ1) is 9.66. The molecule has 0 amide bonds. The van der Waals surface area contributed by atoms with Crippen molar-refractivity contribution in [2.24, 2.45) is 5.92 Å². The highest BCUT2D eigenvalue weighted by Gasteiger charge is 2.34. The maximum Gasteiger partial charge on any atom is 0.142 e. The van der Waals surface area contributed by atoms with E-state index in [4.69, 9.17) is 0 Å². The number of nitrogens with one attached hydrogen (secondary N) is 1. The quantitative estimate of drug-likeness (QED) is 0.629. The molecule has 1 aromatic rings. The predicted octanol–water partition coefficient (Wildman–Crippen LogP) is 3.35. The molecule has 0 aromatic heterocycles. The number of halogens is 2. The molecule has 3 nitrogen and oxygen atoms in total. The van der Waals surface area contributed by atoms with Crippen LogP contribution >= 0.6 is 45.2 Å². The van der Waals surface area contributed by atoms with Crippen molar-refractivity contribution in [1.82, 2.24) is 10.2 Å². The third-order valence-electron chi connectivity index (χ3n) is 4.52. The van der Waals surface area contributed by atoms with Crippen LogP contribution in [0.25, 0.3) is 0 Å². The molecule has 3 rings (SSSR count). The Labute approximate surface area is 147 Å². The van der Waals surface area contributed by atoms with E-state index in [1.54, 1.807) is 0 Å². The number of rotatable bonds is 3. The largest absolute Gasteiger partial charge is 0.506 e. The average molecular weight is 498 g/mol. The fourth-order valence-corrected chi connectivity index (χ4v) is 5.07. The molecule has 0 unspecified atom stereocenters. The molecule has 2 aliphatic rings. The van der Waals surface area contributed by atoms with Crippen LogP contribution in [-0.2, 0) is 0 Å². The Bertz CT molecular complexity index is 462. The van der Waals surface area contributed by atoms with E-state index >= 15 is 0 Å². The molecule has 2 fully saturated rings. The molecule has 1 heterocycles. The molecule has 0 bridgehead atoms. The van der Waals surface area contributed by atoms with Gasteiger partial charge in [-0.05, 0) is 81.6 Å². The third-order valence-corrected chi connectivity index (χ3v) is 6.17. The number of benzene rings is 1. The summed E-state index contributed by atoms with van der Waals surface area (Å²) in [6.45, 7) is 4.45. The average Bonchev–Trinajstić information content (AvgIpc) is 2.40. The molecule has 20 heavy (non-hydrogen) atoms. The second-order valence-corrected chi connectivity index (χ2v) is 8.08. The van der Waals surface area contributed by atoms with Crippen LogP contribution in [0.4, 0.5) is 0 Å². The van der Waals surface area contributed by atoms with Gasteiger partial charge in [-0.1, -0.05) is 6.42 Å². The summed E-state index contributed by atoms with van der Waals surface area (Å²) in [6, 6.07) is 4.90. The van der Waals surface area contributed by atoms with Crippen LogP contribution in [0.1, 0.15) is 30.9 Å². The Morgan fingerprint density at radius 3 is 2.25 bits per heavy atom. The van der Waals surface area contributed by atoms with Crippen LogP contribution in [0, 0.1) is 13.1 Å². The summed E-state index contributed by atoms with van der Waals surface area (Å²) in [4.78, 5) is 2.64. The molecule has 1 aliphatic heterocycles. The lowest BCUT2D eigenvalue weighted by Gasteiger charge is -2.43. The topological polar surface area (TPSA) is 35.5 Å². The number of piperazine rings is 1. The van der Waals surface area contributed by atoms with Crippen molar-refractivity contribution in [3.05, 3.63) is 24.8 Å². The van der Waals surface area contributed by atoms with Gasteiger partial charge >= 0.3 is 0 Å². The fourth-order valence-electron chi connectivity index (χ4n) is 3.25. The second-order valence-electron chi connectivity index (χ2n) is 5.75. The van der Waals surface area contributed by atoms with Gasteiger partial charge in [0, 0.05) is 32.2 Å². The van der Waals surface area contributed by atoms with Gasteiger partial charge in [-0.2, -0.15) is 0 Å². The van der Waals surface area contributed by atoms with Crippen LogP contribution in [0.5, 0.6) is 5.75 Å². The number of phenols is 1. The first kappa shape index (κ1) is 15.3. The van der Waals surface area contributed by atoms with Gasteiger partial charge in [0.2, 0.25) is 0 Å². The molecule has 5 heteroatoms. The summed E-state index contributed by atoms with van der Waals surface area (Å²) < 4.78 is 1.95. The van der Waals surface area contributed by atoms with Gasteiger partial charge < -0.3 is 10.4 Å². The lowest BCUT2D eigenvalue weighted by Crippen LogP contribution is -2.47. The van der Waals surface area contributed by atoms with E-state index in [2.05, 4.69) is 67.5 Å². The summed E-state index contributed by atoms with van der Waals surface area (Å²) >= 11 is 4.50. The monoisotopic (exact) mass is 498 g/mol. The van der Waals surface area contributed by atoms with Crippen molar-refractivity contribution in [3.63, 3.8) is 0 Å². The summed E-state index contributed by atoms with van der Waals surface area (Å²) in [5, 5.41) is 13.4. The summed E-state index contributed by atoms with van der Waals surface area (Å²) in [6.07, 6.45) is 4.07. The molecule has 1 aromatic carbocycles. The molecule has 1 saturated heterocycles. The number of hydrogen-bond acceptors (Lipinski definition) is 3. The molecular formula is C15H20I2N2O. The Morgan fingerprint density at radius 2 is 1.75 bits per heavy atom. The predicted molar refractivity (Wildman–Crippen MR) is 98.1 cm³/mol. The van der Waals surface area contributed by atoms with E-state index in [0.717, 1.165) is 39.2 Å². The molecule has 2 N–H and O–H groups in total. The molecule has 110 valence electrons. The fraction of sp³-hybridized carbons (Fsp3) is 0.600. The van der Waals surface area contributed by atoms with E-state index in [9.17, 15) is 5.11 Å². The summed E-state index contributed by atoms with van der Waals surface area (Å²) in [5.41, 5.74) is 1.39. The Morgan fingerprint density at radius 1 is 1.15 bits per heavy atom. The smallest absolute Gasteiger partial charge is 0.142 e. The van der Waals surface area contributed by atoms with Gasteiger partial charge in [0.25, 0.3) is 0 Å². The van der Waals surface area contributed by atoms with Crippen molar-refractivity contribution in [2.45, 2.75) is 25.3 Å². The minimum Gasteiger partial charge on any atom is -0.506 e. The molecule has 1 aliphatic carbocycles. The normalized spacial score (nSPS) is 22.5. The zero-order valence-electron chi connectivity index (χ0n) is 11.4. The van der Waals surface area contributed by atoms with Gasteiger partial charge in [0.05, 0.1) is 7.14 Å². The standard InChI is InChI=1S/C15H20I2N2O/c16-12-8-11(9-13(17)15(12)20)14(10-2-1-3-10)19-6-4-18-5-7-19/h8-10,14,18,20H,1-7H2/t14-/m0/s1. The SMILES string of the molecule is Oc1c(I)cc([C@H](C2CCC2)N2CCNCC2)cc1I. The van der Waals surface area contributed by atoms with E-state index in [1.807, 2.05) is 0 Å². The van der Waals surface area contributed by atoms with Gasteiger partial charge in [-0.3, -0.25) is 4.90 Å². The number of phenolic OH excluding ortho intramolecular Hbond substituents is 1. The lowest BCUT2D eigenvalue weighted by molar-refractivity contribution is 0.0836. The van der Waals surface area contributed by atoms with Crippen LogP contribution in [0.2, 0.25) is 0 Å². The van der Waals surface area contributed by atoms with Gasteiger partial charge in [0.1, 0.15) is 5.75 Å². The van der Waals surface area contributed by atoms with Gasteiger partial charge in [-0.15, -0.1) is 0 Å². The maximum atomic E-state index is 9.99. The van der Waals surface area contributed by atoms with Crippen molar-refractivity contribution in [3.8, 4) is 5.75 Å². The van der Waals surface area contributed by atoms with Crippen molar-refractivity contribution in [1.29, 1.82) is 0 Å². The molecule has 0 radical (unpaired) electrons. The Balaban J connectivity index is 1.91. The highest BCUT2D eigenvalue weighted by Crippen LogP contribution is 2.43. The van der Waals surface area contributed by atoms with Crippen LogP contribution in [0.3, 0.4) is 0 Å². The minimum absolute atomic E-state index is 0.433. The number of hydrogen-bond donors (Lipinski definition) is 2.